The molecule has 0 aromatic heterocycles. The Hall–Kier alpha value is -2.17. The highest BCUT2D eigenvalue weighted by atomic mass is 19.1. The van der Waals surface area contributed by atoms with Gasteiger partial charge in [-0.3, -0.25) is 9.59 Å². The summed E-state index contributed by atoms with van der Waals surface area (Å²) in [6.45, 7) is 1.91. The zero-order valence-corrected chi connectivity index (χ0v) is 13.5. The molecule has 0 saturated carbocycles. The second kappa shape index (κ2) is 8.46. The number of carbonyl (C=O) groups excluding carboxylic acids is 2. The number of hydrogen-bond acceptors (Lipinski definition) is 2. The van der Waals surface area contributed by atoms with Crippen LogP contribution in [0, 0.1) is 5.82 Å². The summed E-state index contributed by atoms with van der Waals surface area (Å²) >= 11 is 0. The van der Waals surface area contributed by atoms with E-state index in [1.54, 1.807) is 12.1 Å². The maximum absolute atomic E-state index is 13.5. The van der Waals surface area contributed by atoms with Crippen LogP contribution in [-0.4, -0.2) is 29.8 Å². The topological polar surface area (TPSA) is 49.4 Å². The standard InChI is InChI=1S/C18H23FN2O2/c1-14(22)21(12-11-15-7-3-2-4-8-15)13-18(23)20-17-10-6-5-9-16(17)19/h5-7,9-10H,2-4,8,11-13H2,1H3,(H,20,23). The van der Waals surface area contributed by atoms with Gasteiger partial charge in [-0.1, -0.05) is 23.8 Å². The Morgan fingerprint density at radius 2 is 2.04 bits per heavy atom. The van der Waals surface area contributed by atoms with Crippen molar-refractivity contribution in [2.45, 2.75) is 39.0 Å². The van der Waals surface area contributed by atoms with Gasteiger partial charge in [-0.05, 0) is 44.2 Å². The van der Waals surface area contributed by atoms with Gasteiger partial charge < -0.3 is 10.2 Å². The van der Waals surface area contributed by atoms with Gasteiger partial charge in [-0.25, -0.2) is 4.39 Å². The van der Waals surface area contributed by atoms with Crippen molar-refractivity contribution in [1.82, 2.24) is 4.90 Å². The van der Waals surface area contributed by atoms with Crippen molar-refractivity contribution in [3.05, 3.63) is 41.7 Å². The molecular formula is C18H23FN2O2. The number of benzene rings is 1. The lowest BCUT2D eigenvalue weighted by molar-refractivity contribution is -0.132. The van der Waals surface area contributed by atoms with E-state index in [-0.39, 0.29) is 24.0 Å². The summed E-state index contributed by atoms with van der Waals surface area (Å²) < 4.78 is 13.5. The Balaban J connectivity index is 1.88. The summed E-state index contributed by atoms with van der Waals surface area (Å²) in [5.41, 5.74) is 1.49. The van der Waals surface area contributed by atoms with Gasteiger partial charge in [-0.15, -0.1) is 0 Å². The van der Waals surface area contributed by atoms with E-state index >= 15 is 0 Å². The molecule has 0 saturated heterocycles. The molecule has 0 fully saturated rings. The summed E-state index contributed by atoms with van der Waals surface area (Å²) in [4.78, 5) is 25.3. The highest BCUT2D eigenvalue weighted by molar-refractivity contribution is 5.94. The minimum Gasteiger partial charge on any atom is -0.333 e. The van der Waals surface area contributed by atoms with Gasteiger partial charge in [0.05, 0.1) is 12.2 Å². The van der Waals surface area contributed by atoms with Crippen LogP contribution >= 0.6 is 0 Å². The van der Waals surface area contributed by atoms with Crippen molar-refractivity contribution in [3.63, 3.8) is 0 Å². The number of rotatable bonds is 6. The van der Waals surface area contributed by atoms with E-state index in [4.69, 9.17) is 0 Å². The molecule has 0 radical (unpaired) electrons. The van der Waals surface area contributed by atoms with Crippen molar-refractivity contribution in [2.24, 2.45) is 0 Å². The van der Waals surface area contributed by atoms with E-state index in [2.05, 4.69) is 11.4 Å². The van der Waals surface area contributed by atoms with Crippen molar-refractivity contribution in [2.75, 3.05) is 18.4 Å². The molecule has 2 amide bonds. The monoisotopic (exact) mass is 318 g/mol. The molecule has 0 unspecified atom stereocenters. The van der Waals surface area contributed by atoms with E-state index in [1.165, 1.54) is 42.4 Å². The summed E-state index contributed by atoms with van der Waals surface area (Å²) in [7, 11) is 0. The number of hydrogen-bond donors (Lipinski definition) is 1. The Bertz CT molecular complexity index is 598. The predicted octanol–water partition coefficient (Wildman–Crippen LogP) is 3.50. The van der Waals surface area contributed by atoms with Crippen LogP contribution in [0.25, 0.3) is 0 Å². The molecule has 2 rings (SSSR count). The second-order valence-electron chi connectivity index (χ2n) is 5.83. The molecule has 1 aromatic carbocycles. The van der Waals surface area contributed by atoms with Crippen LogP contribution in [0.15, 0.2) is 35.9 Å². The van der Waals surface area contributed by atoms with Crippen molar-refractivity contribution in [3.8, 4) is 0 Å². The lowest BCUT2D eigenvalue weighted by Gasteiger charge is -2.22. The lowest BCUT2D eigenvalue weighted by atomic mass is 9.97. The molecule has 0 spiro atoms. The second-order valence-corrected chi connectivity index (χ2v) is 5.83. The summed E-state index contributed by atoms with van der Waals surface area (Å²) in [5, 5.41) is 2.51. The number of amides is 2. The van der Waals surface area contributed by atoms with Crippen LogP contribution in [0.4, 0.5) is 10.1 Å². The molecule has 1 N–H and O–H groups in total. The number of nitrogens with one attached hydrogen (secondary N) is 1. The van der Waals surface area contributed by atoms with Crippen LogP contribution in [0.5, 0.6) is 0 Å². The maximum atomic E-state index is 13.5. The zero-order valence-electron chi connectivity index (χ0n) is 13.5. The van der Waals surface area contributed by atoms with Crippen LogP contribution < -0.4 is 5.32 Å². The Labute approximate surface area is 136 Å². The van der Waals surface area contributed by atoms with E-state index < -0.39 is 5.82 Å². The smallest absolute Gasteiger partial charge is 0.244 e. The van der Waals surface area contributed by atoms with Gasteiger partial charge in [0.2, 0.25) is 11.8 Å². The molecule has 1 aliphatic carbocycles. The van der Waals surface area contributed by atoms with Crippen LogP contribution in [-0.2, 0) is 9.59 Å². The van der Waals surface area contributed by atoms with Gasteiger partial charge >= 0.3 is 0 Å². The first kappa shape index (κ1) is 17.2. The molecule has 0 aliphatic heterocycles. The maximum Gasteiger partial charge on any atom is 0.244 e. The Morgan fingerprint density at radius 1 is 1.26 bits per heavy atom. The first-order chi connectivity index (χ1) is 11.1. The van der Waals surface area contributed by atoms with Crippen LogP contribution in [0.3, 0.4) is 0 Å². The fraction of sp³-hybridized carbons (Fsp3) is 0.444. The molecule has 0 heterocycles. The summed E-state index contributed by atoms with van der Waals surface area (Å²) in [6.07, 6.45) is 7.63. The third-order valence-corrected chi connectivity index (χ3v) is 4.02. The van der Waals surface area contributed by atoms with E-state index in [0.717, 1.165) is 19.3 Å². The molecule has 5 heteroatoms. The zero-order chi connectivity index (χ0) is 16.7. The number of halogens is 1. The predicted molar refractivity (Wildman–Crippen MR) is 88.5 cm³/mol. The highest BCUT2D eigenvalue weighted by Gasteiger charge is 2.15. The van der Waals surface area contributed by atoms with Crippen LogP contribution in [0.1, 0.15) is 39.0 Å². The van der Waals surface area contributed by atoms with Gasteiger partial charge in [0.15, 0.2) is 0 Å². The van der Waals surface area contributed by atoms with E-state index in [9.17, 15) is 14.0 Å². The first-order valence-corrected chi connectivity index (χ1v) is 8.04. The highest BCUT2D eigenvalue weighted by Crippen LogP contribution is 2.20. The normalized spacial score (nSPS) is 14.1. The molecule has 23 heavy (non-hydrogen) atoms. The minimum absolute atomic E-state index is 0.0586. The summed E-state index contributed by atoms with van der Waals surface area (Å²) in [5.74, 6) is -1.02. The van der Waals surface area contributed by atoms with Gasteiger partial charge in [0, 0.05) is 13.5 Å². The average molecular weight is 318 g/mol. The number of nitrogens with zero attached hydrogens (tertiary/aromatic N) is 1. The molecule has 0 bridgehead atoms. The average Bonchev–Trinajstić information content (AvgIpc) is 2.54. The third kappa shape index (κ3) is 5.51. The fourth-order valence-corrected chi connectivity index (χ4v) is 2.68. The van der Waals surface area contributed by atoms with Gasteiger partial charge in [0.25, 0.3) is 0 Å². The van der Waals surface area contributed by atoms with Crippen LogP contribution in [0.2, 0.25) is 0 Å². The van der Waals surface area contributed by atoms with Gasteiger partial charge in [-0.2, -0.15) is 0 Å². The summed E-state index contributed by atoms with van der Waals surface area (Å²) in [6, 6.07) is 5.99. The van der Waals surface area contributed by atoms with Crippen molar-refractivity contribution >= 4 is 17.5 Å². The minimum atomic E-state index is -0.484. The molecule has 0 atom stereocenters. The number of allylic oxidation sites excluding steroid dienone is 1. The molecule has 4 nitrogen and oxygen atoms in total. The van der Waals surface area contributed by atoms with Gasteiger partial charge in [0.1, 0.15) is 5.82 Å². The quantitative estimate of drug-likeness (QED) is 0.816. The molecule has 124 valence electrons. The van der Waals surface area contributed by atoms with Crippen molar-refractivity contribution < 1.29 is 14.0 Å². The number of carbonyl (C=O) groups is 2. The lowest BCUT2D eigenvalue weighted by Crippen LogP contribution is -2.37. The SMILES string of the molecule is CC(=O)N(CCC1=CCCCC1)CC(=O)Nc1ccccc1F. The third-order valence-electron chi connectivity index (χ3n) is 4.02. The Kier molecular flexibility index (Phi) is 6.32. The first-order valence-electron chi connectivity index (χ1n) is 8.04. The van der Waals surface area contributed by atoms with Crippen molar-refractivity contribution in [1.29, 1.82) is 0 Å². The number of anilines is 1. The molecule has 1 aliphatic rings. The fourth-order valence-electron chi connectivity index (χ4n) is 2.68. The largest absolute Gasteiger partial charge is 0.333 e. The van der Waals surface area contributed by atoms with E-state index in [1.807, 2.05) is 0 Å². The number of para-hydroxylation sites is 1. The van der Waals surface area contributed by atoms with E-state index in [0.29, 0.717) is 6.54 Å². The Morgan fingerprint density at radius 3 is 2.70 bits per heavy atom. The molecular weight excluding hydrogens is 295 g/mol. The molecule has 1 aromatic rings.